The minimum Gasteiger partial charge on any atom is -0.367 e. The molecule has 0 aliphatic rings. The maximum atomic E-state index is 8.74. The van der Waals surface area contributed by atoms with Crippen LogP contribution in [0.15, 0.2) is 12.3 Å². The highest BCUT2D eigenvalue weighted by Gasteiger charge is 2.02. The van der Waals surface area contributed by atoms with E-state index in [1.165, 1.54) is 6.20 Å². The lowest BCUT2D eigenvalue weighted by Crippen LogP contribution is -2.19. The Hall–Kier alpha value is -1.67. The molecule has 0 amide bonds. The maximum absolute atomic E-state index is 8.74. The van der Waals surface area contributed by atoms with Crippen LogP contribution in [0, 0.1) is 11.3 Å². The molecule has 1 unspecified atom stereocenters. The minimum atomic E-state index is 0.143. The first kappa shape index (κ1) is 10.4. The van der Waals surface area contributed by atoms with Crippen molar-refractivity contribution in [1.29, 1.82) is 5.26 Å². The second-order valence-electron chi connectivity index (χ2n) is 3.10. The fourth-order valence-corrected chi connectivity index (χ4v) is 0.971. The Morgan fingerprint density at radius 3 is 3.14 bits per heavy atom. The van der Waals surface area contributed by atoms with Gasteiger partial charge < -0.3 is 11.1 Å². The van der Waals surface area contributed by atoms with E-state index >= 15 is 0 Å². The zero-order valence-corrected chi connectivity index (χ0v) is 8.07. The van der Waals surface area contributed by atoms with Gasteiger partial charge in [-0.25, -0.2) is 0 Å². The number of hydrogen-bond donors (Lipinski definition) is 2. The van der Waals surface area contributed by atoms with Crippen molar-refractivity contribution in [3.8, 4) is 6.07 Å². The summed E-state index contributed by atoms with van der Waals surface area (Å²) in [6, 6.07) is 3.81. The van der Waals surface area contributed by atoms with Crippen molar-refractivity contribution in [1.82, 2.24) is 10.2 Å². The fraction of sp³-hybridized carbons (Fsp3) is 0.444. The van der Waals surface area contributed by atoms with Gasteiger partial charge in [0.15, 0.2) is 5.82 Å². The smallest absolute Gasteiger partial charge is 0.166 e. The molecule has 3 N–H and O–H groups in total. The summed E-state index contributed by atoms with van der Waals surface area (Å²) < 4.78 is 0. The molecule has 14 heavy (non-hydrogen) atoms. The molecule has 1 rings (SSSR count). The van der Waals surface area contributed by atoms with Gasteiger partial charge in [-0.15, -0.1) is 5.10 Å². The van der Waals surface area contributed by atoms with E-state index in [4.69, 9.17) is 11.0 Å². The van der Waals surface area contributed by atoms with Gasteiger partial charge in [0.1, 0.15) is 6.07 Å². The molecule has 1 heterocycles. The van der Waals surface area contributed by atoms with Gasteiger partial charge in [-0.05, 0) is 19.4 Å². The van der Waals surface area contributed by atoms with Crippen LogP contribution in [-0.2, 0) is 0 Å². The van der Waals surface area contributed by atoms with Crippen LogP contribution >= 0.6 is 0 Å². The molecule has 0 saturated carbocycles. The molecular formula is C9H13N5. The molecule has 1 aromatic heterocycles. The summed E-state index contributed by atoms with van der Waals surface area (Å²) in [5, 5.41) is 19.3. The number of rotatable bonds is 4. The number of hydrogen-bond acceptors (Lipinski definition) is 5. The minimum absolute atomic E-state index is 0.143. The van der Waals surface area contributed by atoms with Gasteiger partial charge in [0.05, 0.1) is 11.8 Å². The van der Waals surface area contributed by atoms with Crippen molar-refractivity contribution >= 4 is 5.82 Å². The lowest BCUT2D eigenvalue weighted by Gasteiger charge is -2.07. The van der Waals surface area contributed by atoms with Crippen LogP contribution in [0.3, 0.4) is 0 Å². The second-order valence-corrected chi connectivity index (χ2v) is 3.10. The molecule has 0 spiro atoms. The van der Waals surface area contributed by atoms with Crippen molar-refractivity contribution < 1.29 is 0 Å². The number of nitrogens with zero attached hydrogens (tertiary/aromatic N) is 3. The summed E-state index contributed by atoms with van der Waals surface area (Å²) in [4.78, 5) is 0. The van der Waals surface area contributed by atoms with Crippen molar-refractivity contribution in [2.45, 2.75) is 19.4 Å². The molecule has 1 atom stereocenters. The monoisotopic (exact) mass is 191 g/mol. The average molecular weight is 191 g/mol. The van der Waals surface area contributed by atoms with E-state index < -0.39 is 0 Å². The van der Waals surface area contributed by atoms with Gasteiger partial charge in [0.2, 0.25) is 0 Å². The predicted molar refractivity (Wildman–Crippen MR) is 53.5 cm³/mol. The van der Waals surface area contributed by atoms with Crippen LogP contribution < -0.4 is 11.1 Å². The fourth-order valence-electron chi connectivity index (χ4n) is 0.971. The van der Waals surface area contributed by atoms with E-state index in [0.717, 1.165) is 6.42 Å². The molecule has 74 valence electrons. The summed E-state index contributed by atoms with van der Waals surface area (Å²) in [6.45, 7) is 2.63. The Kier molecular flexibility index (Phi) is 3.83. The molecule has 0 fully saturated rings. The van der Waals surface area contributed by atoms with Crippen molar-refractivity contribution in [2.24, 2.45) is 5.73 Å². The molecule has 0 bridgehead atoms. The predicted octanol–water partition coefficient (Wildman–Crippen LogP) is 0.497. The highest BCUT2D eigenvalue weighted by Crippen LogP contribution is 2.07. The van der Waals surface area contributed by atoms with E-state index in [2.05, 4.69) is 15.5 Å². The molecular weight excluding hydrogens is 178 g/mol. The van der Waals surface area contributed by atoms with Gasteiger partial charge in [0, 0.05) is 12.6 Å². The number of nitrogens with one attached hydrogen (secondary N) is 1. The Morgan fingerprint density at radius 2 is 2.50 bits per heavy atom. The van der Waals surface area contributed by atoms with Crippen LogP contribution in [0.5, 0.6) is 0 Å². The summed E-state index contributed by atoms with van der Waals surface area (Å²) in [6.07, 6.45) is 2.33. The van der Waals surface area contributed by atoms with E-state index in [0.29, 0.717) is 17.9 Å². The maximum Gasteiger partial charge on any atom is 0.166 e. The summed E-state index contributed by atoms with van der Waals surface area (Å²) in [5.41, 5.74) is 6.09. The molecule has 5 heteroatoms. The molecule has 1 aromatic rings. The summed E-state index contributed by atoms with van der Waals surface area (Å²) >= 11 is 0. The van der Waals surface area contributed by atoms with E-state index in [1.807, 2.05) is 13.0 Å². The quantitative estimate of drug-likeness (QED) is 0.723. The van der Waals surface area contributed by atoms with Crippen LogP contribution in [0.2, 0.25) is 0 Å². The van der Waals surface area contributed by atoms with Gasteiger partial charge in [0.25, 0.3) is 0 Å². The van der Waals surface area contributed by atoms with Gasteiger partial charge in [-0.3, -0.25) is 0 Å². The standard InChI is InChI=1S/C9H13N5/c1-7(11)2-4-12-9-8(6-10)3-5-13-14-9/h3,5,7H,2,4,11H2,1H3,(H,12,14). The van der Waals surface area contributed by atoms with Crippen molar-refractivity contribution in [3.05, 3.63) is 17.8 Å². The third-order valence-electron chi connectivity index (χ3n) is 1.73. The SMILES string of the molecule is CC(N)CCNc1nnccc1C#N. The Bertz CT molecular complexity index is 328. The molecule has 0 aliphatic heterocycles. The third kappa shape index (κ3) is 2.99. The molecule has 0 aliphatic carbocycles. The van der Waals surface area contributed by atoms with Gasteiger partial charge >= 0.3 is 0 Å². The largest absolute Gasteiger partial charge is 0.367 e. The topological polar surface area (TPSA) is 87.6 Å². The molecule has 0 radical (unpaired) electrons. The van der Waals surface area contributed by atoms with Crippen LogP contribution in [0.1, 0.15) is 18.9 Å². The van der Waals surface area contributed by atoms with Gasteiger partial charge in [-0.2, -0.15) is 10.4 Å². The zero-order valence-electron chi connectivity index (χ0n) is 8.07. The first-order chi connectivity index (χ1) is 6.74. The van der Waals surface area contributed by atoms with E-state index in [9.17, 15) is 0 Å². The number of nitriles is 1. The summed E-state index contributed by atoms with van der Waals surface area (Å²) in [5.74, 6) is 0.524. The number of anilines is 1. The lowest BCUT2D eigenvalue weighted by molar-refractivity contribution is 0.688. The van der Waals surface area contributed by atoms with Crippen LogP contribution in [0.4, 0.5) is 5.82 Å². The summed E-state index contributed by atoms with van der Waals surface area (Å²) in [7, 11) is 0. The van der Waals surface area contributed by atoms with E-state index in [1.54, 1.807) is 6.07 Å². The Morgan fingerprint density at radius 1 is 1.71 bits per heavy atom. The number of nitrogens with two attached hydrogens (primary N) is 1. The Labute approximate surface area is 82.9 Å². The highest BCUT2D eigenvalue weighted by molar-refractivity contribution is 5.49. The lowest BCUT2D eigenvalue weighted by atomic mass is 10.2. The van der Waals surface area contributed by atoms with Crippen LogP contribution in [0.25, 0.3) is 0 Å². The third-order valence-corrected chi connectivity index (χ3v) is 1.73. The first-order valence-electron chi connectivity index (χ1n) is 4.45. The van der Waals surface area contributed by atoms with Crippen LogP contribution in [-0.4, -0.2) is 22.8 Å². The Balaban J connectivity index is 2.54. The molecule has 0 aromatic carbocycles. The van der Waals surface area contributed by atoms with Crippen molar-refractivity contribution in [2.75, 3.05) is 11.9 Å². The van der Waals surface area contributed by atoms with Gasteiger partial charge in [-0.1, -0.05) is 0 Å². The average Bonchev–Trinajstić information content (AvgIpc) is 2.18. The first-order valence-corrected chi connectivity index (χ1v) is 4.45. The molecule has 0 saturated heterocycles. The normalized spacial score (nSPS) is 11.8. The zero-order chi connectivity index (χ0) is 10.4. The second kappa shape index (κ2) is 5.14. The van der Waals surface area contributed by atoms with E-state index in [-0.39, 0.29) is 6.04 Å². The molecule has 5 nitrogen and oxygen atoms in total. The number of aromatic nitrogens is 2. The van der Waals surface area contributed by atoms with Crippen molar-refractivity contribution in [3.63, 3.8) is 0 Å². The highest BCUT2D eigenvalue weighted by atomic mass is 15.2.